The summed E-state index contributed by atoms with van der Waals surface area (Å²) in [7, 11) is 0. The van der Waals surface area contributed by atoms with Gasteiger partial charge in [-0.2, -0.15) is 0 Å². The van der Waals surface area contributed by atoms with E-state index >= 15 is 0 Å². The quantitative estimate of drug-likeness (QED) is 0.501. The molecule has 0 aliphatic carbocycles. The third-order valence-corrected chi connectivity index (χ3v) is 5.62. The van der Waals surface area contributed by atoms with E-state index in [9.17, 15) is 4.79 Å². The van der Waals surface area contributed by atoms with Gasteiger partial charge in [0.2, 0.25) is 11.1 Å². The lowest BCUT2D eigenvalue weighted by Crippen LogP contribution is -2.14. The number of aromatic amines is 1. The van der Waals surface area contributed by atoms with E-state index in [0.717, 1.165) is 25.8 Å². The highest BCUT2D eigenvalue weighted by Gasteiger charge is 2.09. The Morgan fingerprint density at radius 1 is 1.20 bits per heavy atom. The molecular formula is C17H14Br2N4OS. The number of aromatic nitrogens is 3. The molecule has 0 fully saturated rings. The number of carbonyl (C=O) groups is 1. The Labute approximate surface area is 166 Å². The number of carbonyl (C=O) groups excluding carboxylic acids is 1. The minimum atomic E-state index is -0.0956. The van der Waals surface area contributed by atoms with E-state index in [1.807, 2.05) is 49.4 Å². The van der Waals surface area contributed by atoms with E-state index in [2.05, 4.69) is 52.4 Å². The average Bonchev–Trinajstić information content (AvgIpc) is 3.06. The molecule has 5 nitrogen and oxygen atoms in total. The maximum atomic E-state index is 12.1. The van der Waals surface area contributed by atoms with Crippen LogP contribution in [0.2, 0.25) is 0 Å². The van der Waals surface area contributed by atoms with E-state index in [1.165, 1.54) is 11.8 Å². The van der Waals surface area contributed by atoms with Crippen molar-refractivity contribution in [3.8, 4) is 11.4 Å². The number of rotatable bonds is 5. The molecule has 3 aromatic rings. The first kappa shape index (κ1) is 18.2. The smallest absolute Gasteiger partial charge is 0.234 e. The topological polar surface area (TPSA) is 70.7 Å². The number of amides is 1. The molecule has 0 aliphatic heterocycles. The molecule has 0 bridgehead atoms. The molecule has 8 heteroatoms. The summed E-state index contributed by atoms with van der Waals surface area (Å²) in [6.07, 6.45) is 0. The summed E-state index contributed by atoms with van der Waals surface area (Å²) in [5.74, 6) is 0.827. The molecule has 0 atom stereocenters. The Hall–Kier alpha value is -1.64. The number of halogens is 2. The maximum Gasteiger partial charge on any atom is 0.234 e. The SMILES string of the molecule is Cc1cc(NC(=O)CSc2n[nH]c(-c3ccc(Br)cc3)n2)ccc1Br. The third-order valence-electron chi connectivity index (χ3n) is 3.36. The molecule has 0 saturated heterocycles. The molecule has 2 aromatic carbocycles. The fourth-order valence-corrected chi connectivity index (χ4v) is 3.21. The van der Waals surface area contributed by atoms with E-state index in [4.69, 9.17) is 0 Å². The van der Waals surface area contributed by atoms with Crippen LogP contribution in [-0.4, -0.2) is 26.8 Å². The van der Waals surface area contributed by atoms with Crippen molar-refractivity contribution in [1.82, 2.24) is 15.2 Å². The zero-order valence-electron chi connectivity index (χ0n) is 13.2. The van der Waals surface area contributed by atoms with Crippen molar-refractivity contribution in [1.29, 1.82) is 0 Å². The molecule has 2 N–H and O–H groups in total. The van der Waals surface area contributed by atoms with E-state index in [-0.39, 0.29) is 11.7 Å². The summed E-state index contributed by atoms with van der Waals surface area (Å²) in [4.78, 5) is 16.5. The lowest BCUT2D eigenvalue weighted by atomic mass is 10.2. The number of hydrogen-bond acceptors (Lipinski definition) is 4. The second kappa shape index (κ2) is 8.16. The number of nitrogens with zero attached hydrogens (tertiary/aromatic N) is 2. The molecule has 1 aromatic heterocycles. The van der Waals surface area contributed by atoms with Crippen LogP contribution in [0.5, 0.6) is 0 Å². The number of nitrogens with one attached hydrogen (secondary N) is 2. The average molecular weight is 482 g/mol. The number of hydrogen-bond donors (Lipinski definition) is 2. The first-order valence-electron chi connectivity index (χ1n) is 7.38. The lowest BCUT2D eigenvalue weighted by Gasteiger charge is -2.06. The van der Waals surface area contributed by atoms with Crippen LogP contribution in [-0.2, 0) is 4.79 Å². The highest BCUT2D eigenvalue weighted by molar-refractivity contribution is 9.10. The molecule has 0 radical (unpaired) electrons. The van der Waals surface area contributed by atoms with Crippen molar-refractivity contribution in [3.05, 3.63) is 57.0 Å². The number of aryl methyl sites for hydroxylation is 1. The summed E-state index contributed by atoms with van der Waals surface area (Å²) in [5, 5.41) is 10.5. The van der Waals surface area contributed by atoms with E-state index in [1.54, 1.807) is 0 Å². The van der Waals surface area contributed by atoms with Crippen LogP contribution in [0.4, 0.5) is 5.69 Å². The largest absolute Gasteiger partial charge is 0.325 e. The Balaban J connectivity index is 1.57. The fraction of sp³-hybridized carbons (Fsp3) is 0.118. The van der Waals surface area contributed by atoms with Crippen molar-refractivity contribution in [2.24, 2.45) is 0 Å². The van der Waals surface area contributed by atoms with Crippen molar-refractivity contribution < 1.29 is 4.79 Å². The van der Waals surface area contributed by atoms with E-state index < -0.39 is 0 Å². The standard InChI is InChI=1S/C17H14Br2N4OS/c1-10-8-13(6-7-14(10)19)20-15(24)9-25-17-21-16(22-23-17)11-2-4-12(18)5-3-11/h2-8H,9H2,1H3,(H,20,24)(H,21,22,23). The van der Waals surface area contributed by atoms with Gasteiger partial charge in [-0.1, -0.05) is 55.8 Å². The van der Waals surface area contributed by atoms with Gasteiger partial charge < -0.3 is 5.32 Å². The van der Waals surface area contributed by atoms with Crippen LogP contribution in [0.15, 0.2) is 56.6 Å². The second-order valence-corrected chi connectivity index (χ2v) is 7.99. The van der Waals surface area contributed by atoms with Gasteiger partial charge in [0.25, 0.3) is 0 Å². The van der Waals surface area contributed by atoms with Crippen LogP contribution in [0.3, 0.4) is 0 Å². The van der Waals surface area contributed by atoms with Gasteiger partial charge in [0.05, 0.1) is 5.75 Å². The van der Waals surface area contributed by atoms with Crippen molar-refractivity contribution in [2.45, 2.75) is 12.1 Å². The first-order valence-corrected chi connectivity index (χ1v) is 9.95. The van der Waals surface area contributed by atoms with E-state index in [0.29, 0.717) is 11.0 Å². The van der Waals surface area contributed by atoms with Crippen molar-refractivity contribution >= 4 is 55.2 Å². The van der Waals surface area contributed by atoms with Gasteiger partial charge in [-0.25, -0.2) is 4.98 Å². The monoisotopic (exact) mass is 480 g/mol. The molecule has 0 unspecified atom stereocenters. The molecule has 1 heterocycles. The highest BCUT2D eigenvalue weighted by Crippen LogP contribution is 2.22. The number of thioether (sulfide) groups is 1. The van der Waals surface area contributed by atoms with Gasteiger partial charge in [-0.15, -0.1) is 5.10 Å². The summed E-state index contributed by atoms with van der Waals surface area (Å²) < 4.78 is 2.02. The zero-order chi connectivity index (χ0) is 17.8. The second-order valence-electron chi connectivity index (χ2n) is 5.27. The Morgan fingerprint density at radius 3 is 2.68 bits per heavy atom. The van der Waals surface area contributed by atoms with Gasteiger partial charge in [-0.05, 0) is 42.8 Å². The minimum Gasteiger partial charge on any atom is -0.325 e. The summed E-state index contributed by atoms with van der Waals surface area (Å²) in [5.41, 5.74) is 2.78. The van der Waals surface area contributed by atoms with Gasteiger partial charge in [0.15, 0.2) is 5.82 Å². The third kappa shape index (κ3) is 4.93. The summed E-state index contributed by atoms with van der Waals surface area (Å²) >= 11 is 8.13. The molecule has 3 rings (SSSR count). The summed E-state index contributed by atoms with van der Waals surface area (Å²) in [6.45, 7) is 1.98. The Bertz CT molecular complexity index is 896. The zero-order valence-corrected chi connectivity index (χ0v) is 17.2. The number of anilines is 1. The molecule has 1 amide bonds. The molecule has 0 aliphatic rings. The summed E-state index contributed by atoms with van der Waals surface area (Å²) in [6, 6.07) is 13.5. The van der Waals surface area contributed by atoms with Crippen LogP contribution < -0.4 is 5.32 Å². The normalized spacial score (nSPS) is 10.7. The van der Waals surface area contributed by atoms with Gasteiger partial charge in [-0.3, -0.25) is 9.89 Å². The van der Waals surface area contributed by atoms with Gasteiger partial charge in [0, 0.05) is 20.2 Å². The first-order chi connectivity index (χ1) is 12.0. The molecule has 0 spiro atoms. The fourth-order valence-electron chi connectivity index (χ4n) is 2.10. The van der Waals surface area contributed by atoms with Crippen LogP contribution in [0, 0.1) is 6.92 Å². The lowest BCUT2D eigenvalue weighted by molar-refractivity contribution is -0.113. The van der Waals surface area contributed by atoms with Crippen LogP contribution in [0.1, 0.15) is 5.56 Å². The van der Waals surface area contributed by atoms with Gasteiger partial charge in [0.1, 0.15) is 0 Å². The highest BCUT2D eigenvalue weighted by atomic mass is 79.9. The van der Waals surface area contributed by atoms with Crippen LogP contribution >= 0.6 is 43.6 Å². The molecule has 128 valence electrons. The minimum absolute atomic E-state index is 0.0956. The predicted molar refractivity (Wildman–Crippen MR) is 108 cm³/mol. The van der Waals surface area contributed by atoms with Gasteiger partial charge >= 0.3 is 0 Å². The molecule has 0 saturated carbocycles. The molecular weight excluding hydrogens is 468 g/mol. The number of benzene rings is 2. The van der Waals surface area contributed by atoms with Crippen molar-refractivity contribution in [2.75, 3.05) is 11.1 Å². The molecule has 25 heavy (non-hydrogen) atoms. The maximum absolute atomic E-state index is 12.1. The van der Waals surface area contributed by atoms with Crippen molar-refractivity contribution in [3.63, 3.8) is 0 Å². The predicted octanol–water partition coefficient (Wildman–Crippen LogP) is 5.04. The van der Waals surface area contributed by atoms with Crippen LogP contribution in [0.25, 0.3) is 11.4 Å². The Kier molecular flexibility index (Phi) is 5.93. The number of H-pyrrole nitrogens is 1. The Morgan fingerprint density at radius 2 is 1.96 bits per heavy atom.